The number of carbonyl (C=O) groups excluding carboxylic acids is 1. The molecular formula is C15H20N4O4S3. The molecule has 11 heteroatoms. The zero-order valence-electron chi connectivity index (χ0n) is 14.6. The number of sulfonamides is 1. The van der Waals surface area contributed by atoms with Crippen LogP contribution in [0.3, 0.4) is 0 Å². The molecule has 0 aliphatic rings. The van der Waals surface area contributed by atoms with Crippen LogP contribution in [0, 0.1) is 0 Å². The van der Waals surface area contributed by atoms with Gasteiger partial charge in [0.1, 0.15) is 11.3 Å². The Balaban J connectivity index is 2.20. The van der Waals surface area contributed by atoms with E-state index < -0.39 is 10.0 Å². The summed E-state index contributed by atoms with van der Waals surface area (Å²) >= 11 is 2.60. The average Bonchev–Trinajstić information content (AvgIpc) is 3.14. The van der Waals surface area contributed by atoms with Crippen LogP contribution < -0.4 is 10.1 Å². The molecule has 0 saturated carbocycles. The number of anilines is 1. The summed E-state index contributed by atoms with van der Waals surface area (Å²) in [5.41, 5.74) is 1.90. The third-order valence-corrected chi connectivity index (χ3v) is 7.36. The molecule has 0 fully saturated rings. The Morgan fingerprint density at radius 1 is 1.35 bits per heavy atom. The number of hydrogen-bond acceptors (Lipinski definition) is 8. The minimum atomic E-state index is -3.63. The summed E-state index contributed by atoms with van der Waals surface area (Å²) in [6, 6.07) is 4.42. The summed E-state index contributed by atoms with van der Waals surface area (Å²) in [6.45, 7) is 4.28. The molecule has 0 saturated heterocycles. The number of benzene rings is 1. The maximum absolute atomic E-state index is 12.7. The zero-order chi connectivity index (χ0) is 19.2. The van der Waals surface area contributed by atoms with Crippen molar-refractivity contribution in [2.75, 3.05) is 31.3 Å². The molecule has 26 heavy (non-hydrogen) atoms. The monoisotopic (exact) mass is 416 g/mol. The van der Waals surface area contributed by atoms with Crippen LogP contribution in [0.2, 0.25) is 0 Å². The van der Waals surface area contributed by atoms with E-state index in [2.05, 4.69) is 15.5 Å². The van der Waals surface area contributed by atoms with Crippen LogP contribution in [0.1, 0.15) is 13.8 Å². The van der Waals surface area contributed by atoms with Gasteiger partial charge in [-0.25, -0.2) is 8.42 Å². The van der Waals surface area contributed by atoms with E-state index in [1.54, 1.807) is 19.4 Å². The van der Waals surface area contributed by atoms with Gasteiger partial charge in [0.05, 0.1) is 23.4 Å². The Labute approximate surface area is 161 Å². The van der Waals surface area contributed by atoms with Gasteiger partial charge >= 0.3 is 0 Å². The average molecular weight is 417 g/mol. The molecule has 1 heterocycles. The van der Waals surface area contributed by atoms with Gasteiger partial charge in [-0.2, -0.15) is 4.31 Å². The third-order valence-electron chi connectivity index (χ3n) is 3.46. The van der Waals surface area contributed by atoms with E-state index in [-0.39, 0.29) is 16.6 Å². The lowest BCUT2D eigenvalue weighted by atomic mass is 10.3. The van der Waals surface area contributed by atoms with E-state index in [9.17, 15) is 13.2 Å². The molecule has 1 aromatic heterocycles. The Morgan fingerprint density at radius 3 is 2.65 bits per heavy atom. The first-order chi connectivity index (χ1) is 12.4. The van der Waals surface area contributed by atoms with Crippen LogP contribution in [0.4, 0.5) is 5.69 Å². The van der Waals surface area contributed by atoms with Crippen molar-refractivity contribution in [1.29, 1.82) is 0 Å². The van der Waals surface area contributed by atoms with Gasteiger partial charge in [-0.15, -0.1) is 10.2 Å². The highest BCUT2D eigenvalue weighted by molar-refractivity contribution is 8.01. The number of carbonyl (C=O) groups is 1. The van der Waals surface area contributed by atoms with Gasteiger partial charge in [0.15, 0.2) is 4.34 Å². The maximum atomic E-state index is 12.7. The highest BCUT2D eigenvalue weighted by atomic mass is 32.2. The molecule has 1 N–H and O–H groups in total. The number of aromatic nitrogens is 2. The van der Waals surface area contributed by atoms with Crippen molar-refractivity contribution in [3.63, 3.8) is 0 Å². The molecule has 142 valence electrons. The summed E-state index contributed by atoms with van der Waals surface area (Å²) in [4.78, 5) is 12.3. The van der Waals surface area contributed by atoms with Gasteiger partial charge in [-0.05, 0) is 18.2 Å². The summed E-state index contributed by atoms with van der Waals surface area (Å²) in [5, 5.41) is 10.3. The highest BCUT2D eigenvalue weighted by Crippen LogP contribution is 2.29. The number of thioether (sulfide) groups is 1. The highest BCUT2D eigenvalue weighted by Gasteiger charge is 2.23. The number of nitrogens with one attached hydrogen (secondary N) is 1. The molecule has 0 unspecified atom stereocenters. The van der Waals surface area contributed by atoms with Crippen molar-refractivity contribution in [2.24, 2.45) is 0 Å². The van der Waals surface area contributed by atoms with E-state index in [0.29, 0.717) is 28.9 Å². The molecule has 2 aromatic rings. The normalized spacial score (nSPS) is 11.5. The minimum Gasteiger partial charge on any atom is -0.495 e. The van der Waals surface area contributed by atoms with Gasteiger partial charge in [0.25, 0.3) is 0 Å². The van der Waals surface area contributed by atoms with E-state index in [0.717, 1.165) is 0 Å². The van der Waals surface area contributed by atoms with Crippen LogP contribution in [0.15, 0.2) is 32.9 Å². The number of hydrogen-bond donors (Lipinski definition) is 1. The molecule has 1 amide bonds. The van der Waals surface area contributed by atoms with Crippen molar-refractivity contribution < 1.29 is 17.9 Å². The summed E-state index contributed by atoms with van der Waals surface area (Å²) in [5.74, 6) is 0.226. The number of rotatable bonds is 9. The zero-order valence-corrected chi connectivity index (χ0v) is 17.1. The lowest BCUT2D eigenvalue weighted by molar-refractivity contribution is -0.113. The van der Waals surface area contributed by atoms with Gasteiger partial charge in [-0.1, -0.05) is 36.9 Å². The fraction of sp³-hybridized carbons (Fsp3) is 0.400. The smallest absolute Gasteiger partial charge is 0.243 e. The van der Waals surface area contributed by atoms with Crippen molar-refractivity contribution >= 4 is 44.7 Å². The van der Waals surface area contributed by atoms with E-state index in [1.165, 1.54) is 52.7 Å². The second kappa shape index (κ2) is 9.31. The first-order valence-corrected chi connectivity index (χ1v) is 11.1. The second-order valence-electron chi connectivity index (χ2n) is 4.99. The quantitative estimate of drug-likeness (QED) is 0.626. The van der Waals surface area contributed by atoms with Gasteiger partial charge in [0, 0.05) is 13.1 Å². The fourth-order valence-corrected chi connectivity index (χ4v) is 4.97. The van der Waals surface area contributed by atoms with Crippen LogP contribution in [0.25, 0.3) is 0 Å². The van der Waals surface area contributed by atoms with Gasteiger partial charge in [0.2, 0.25) is 15.9 Å². The lowest BCUT2D eigenvalue weighted by Gasteiger charge is -2.19. The first kappa shape index (κ1) is 20.6. The van der Waals surface area contributed by atoms with Gasteiger partial charge in [-0.3, -0.25) is 4.79 Å². The van der Waals surface area contributed by atoms with E-state index in [4.69, 9.17) is 4.74 Å². The fourth-order valence-electron chi connectivity index (χ4n) is 2.20. The molecule has 0 aliphatic heterocycles. The Hall–Kier alpha value is -1.69. The second-order valence-corrected chi connectivity index (χ2v) is 8.99. The Bertz CT molecular complexity index is 837. The number of nitrogens with zero attached hydrogens (tertiary/aromatic N) is 3. The van der Waals surface area contributed by atoms with Gasteiger partial charge < -0.3 is 10.1 Å². The predicted molar refractivity (Wildman–Crippen MR) is 102 cm³/mol. The SMILES string of the molecule is CCN(CC)S(=O)(=O)c1ccc(OC)c(NC(=O)CSc2nncs2)c1. The molecular weight excluding hydrogens is 396 g/mol. The Kier molecular flexibility index (Phi) is 7.38. The molecule has 1 aromatic carbocycles. The van der Waals surface area contributed by atoms with Crippen molar-refractivity contribution in [3.8, 4) is 5.75 Å². The molecule has 8 nitrogen and oxygen atoms in total. The maximum Gasteiger partial charge on any atom is 0.243 e. The third kappa shape index (κ3) is 4.93. The molecule has 2 rings (SSSR count). The largest absolute Gasteiger partial charge is 0.495 e. The summed E-state index contributed by atoms with van der Waals surface area (Å²) in [7, 11) is -2.17. The number of methoxy groups -OCH3 is 1. The topological polar surface area (TPSA) is 101 Å². The molecule has 0 bridgehead atoms. The minimum absolute atomic E-state index is 0.106. The van der Waals surface area contributed by atoms with Crippen molar-refractivity contribution in [3.05, 3.63) is 23.7 Å². The van der Waals surface area contributed by atoms with Crippen LogP contribution in [-0.2, 0) is 14.8 Å². The first-order valence-electron chi connectivity index (χ1n) is 7.79. The summed E-state index contributed by atoms with van der Waals surface area (Å²) in [6.07, 6.45) is 0. The molecule has 0 atom stereocenters. The van der Waals surface area contributed by atoms with E-state index >= 15 is 0 Å². The standard InChI is InChI=1S/C15H20N4O4S3/c1-4-19(5-2)26(21,22)11-6-7-13(23-3)12(8-11)17-14(20)9-24-15-18-16-10-25-15/h6-8,10H,4-5,9H2,1-3H3,(H,17,20). The molecule has 0 spiro atoms. The number of ether oxygens (including phenoxy) is 1. The lowest BCUT2D eigenvalue weighted by Crippen LogP contribution is -2.30. The Morgan fingerprint density at radius 2 is 2.08 bits per heavy atom. The van der Waals surface area contributed by atoms with E-state index in [1.807, 2.05) is 0 Å². The number of amides is 1. The molecule has 0 aliphatic carbocycles. The summed E-state index contributed by atoms with van der Waals surface area (Å²) < 4.78 is 32.6. The van der Waals surface area contributed by atoms with Crippen LogP contribution in [0.5, 0.6) is 5.75 Å². The van der Waals surface area contributed by atoms with Crippen LogP contribution in [-0.4, -0.2) is 54.8 Å². The van der Waals surface area contributed by atoms with Crippen molar-refractivity contribution in [2.45, 2.75) is 23.1 Å². The van der Waals surface area contributed by atoms with Crippen molar-refractivity contribution in [1.82, 2.24) is 14.5 Å². The predicted octanol–water partition coefficient (Wildman–Crippen LogP) is 2.31. The van der Waals surface area contributed by atoms with Crippen LogP contribution >= 0.6 is 23.1 Å². The molecule has 0 radical (unpaired) electrons.